The molecule has 9 heteroatoms. The quantitative estimate of drug-likeness (QED) is 0.594. The zero-order valence-corrected chi connectivity index (χ0v) is 13.4. The Kier molecular flexibility index (Phi) is 3.23. The smallest absolute Gasteiger partial charge is 0.235 e. The number of fused-ring (bicyclic) bond motifs is 1. The minimum atomic E-state index is -0.254. The lowest BCUT2D eigenvalue weighted by molar-refractivity contribution is 0.627. The van der Waals surface area contributed by atoms with E-state index in [0.29, 0.717) is 17.2 Å². The lowest BCUT2D eigenvalue weighted by Gasteiger charge is -1.98. The molecule has 0 fully saturated rings. The van der Waals surface area contributed by atoms with Gasteiger partial charge >= 0.3 is 0 Å². The average Bonchev–Trinajstić information content (AvgIpc) is 3.18. The van der Waals surface area contributed by atoms with Crippen molar-refractivity contribution >= 4 is 32.2 Å². The van der Waals surface area contributed by atoms with Crippen molar-refractivity contribution in [2.24, 2.45) is 0 Å². The molecule has 0 saturated carbocycles. The molecule has 0 aliphatic rings. The Morgan fingerprint density at radius 3 is 2.77 bits per heavy atom. The Hall–Kier alpha value is -2.13. The zero-order valence-electron chi connectivity index (χ0n) is 11.0. The molecule has 110 valence electrons. The van der Waals surface area contributed by atoms with E-state index in [2.05, 4.69) is 41.4 Å². The summed E-state index contributed by atoms with van der Waals surface area (Å²) in [5, 5.41) is 20.4. The largest absolute Gasteiger partial charge is 0.274 e. The molecule has 4 rings (SSSR count). The number of hydrogen-bond acceptors (Lipinski definition) is 5. The van der Waals surface area contributed by atoms with Gasteiger partial charge in [-0.1, -0.05) is 23.5 Å². The summed E-state index contributed by atoms with van der Waals surface area (Å²) in [5.41, 5.74) is 1.76. The highest BCUT2D eigenvalue weighted by Crippen LogP contribution is 2.29. The van der Waals surface area contributed by atoms with Crippen molar-refractivity contribution in [1.29, 1.82) is 0 Å². The fourth-order valence-corrected chi connectivity index (χ4v) is 3.45. The monoisotopic (exact) mass is 378 g/mol. The van der Waals surface area contributed by atoms with Gasteiger partial charge in [-0.15, -0.1) is 10.2 Å². The zero-order chi connectivity index (χ0) is 15.1. The van der Waals surface area contributed by atoms with E-state index in [1.165, 1.54) is 23.5 Å². The predicted molar refractivity (Wildman–Crippen MR) is 83.1 cm³/mol. The first kappa shape index (κ1) is 13.5. The summed E-state index contributed by atoms with van der Waals surface area (Å²) in [7, 11) is 0. The van der Waals surface area contributed by atoms with Gasteiger partial charge in [0.25, 0.3) is 0 Å². The molecule has 4 aromatic rings. The maximum atomic E-state index is 13.0. The van der Waals surface area contributed by atoms with Crippen molar-refractivity contribution in [1.82, 2.24) is 30.0 Å². The van der Waals surface area contributed by atoms with Gasteiger partial charge in [-0.3, -0.25) is 5.10 Å². The highest BCUT2D eigenvalue weighted by molar-refractivity contribution is 9.10. The molecule has 3 aromatic heterocycles. The van der Waals surface area contributed by atoms with Gasteiger partial charge in [-0.05, 0) is 33.6 Å². The molecular formula is C13H8BrFN6S. The number of hydrogen-bond donors (Lipinski definition) is 1. The Morgan fingerprint density at radius 1 is 1.23 bits per heavy atom. The van der Waals surface area contributed by atoms with Gasteiger partial charge in [0.2, 0.25) is 4.96 Å². The third-order valence-electron chi connectivity index (χ3n) is 3.14. The Labute approximate surface area is 136 Å². The third-order valence-corrected chi connectivity index (χ3v) is 4.66. The third kappa shape index (κ3) is 2.32. The molecule has 0 unspecified atom stereocenters. The van der Waals surface area contributed by atoms with Crippen molar-refractivity contribution in [3.05, 3.63) is 52.1 Å². The van der Waals surface area contributed by atoms with E-state index in [-0.39, 0.29) is 5.82 Å². The van der Waals surface area contributed by atoms with Crippen LogP contribution in [0.2, 0.25) is 0 Å². The number of benzene rings is 1. The minimum Gasteiger partial charge on any atom is -0.274 e. The van der Waals surface area contributed by atoms with Gasteiger partial charge in [0, 0.05) is 6.42 Å². The lowest BCUT2D eigenvalue weighted by atomic mass is 10.1. The molecule has 0 bridgehead atoms. The number of aromatic nitrogens is 6. The van der Waals surface area contributed by atoms with E-state index < -0.39 is 0 Å². The number of nitrogens with one attached hydrogen (secondary N) is 1. The van der Waals surface area contributed by atoms with Crippen LogP contribution in [-0.2, 0) is 6.42 Å². The fourth-order valence-electron chi connectivity index (χ4n) is 2.07. The van der Waals surface area contributed by atoms with Gasteiger partial charge in [0.1, 0.15) is 11.5 Å². The van der Waals surface area contributed by atoms with Gasteiger partial charge < -0.3 is 0 Å². The summed E-state index contributed by atoms with van der Waals surface area (Å²) in [5.74, 6) is 0.454. The van der Waals surface area contributed by atoms with Gasteiger partial charge in [0.05, 0.1) is 10.7 Å². The Balaban J connectivity index is 1.72. The van der Waals surface area contributed by atoms with E-state index in [4.69, 9.17) is 0 Å². The van der Waals surface area contributed by atoms with Crippen molar-refractivity contribution in [2.75, 3.05) is 0 Å². The van der Waals surface area contributed by atoms with E-state index in [1.807, 2.05) is 0 Å². The molecule has 0 amide bonds. The molecular weight excluding hydrogens is 371 g/mol. The highest BCUT2D eigenvalue weighted by atomic mass is 79.9. The second-order valence-electron chi connectivity index (χ2n) is 4.61. The maximum absolute atomic E-state index is 13.0. The van der Waals surface area contributed by atoms with Crippen LogP contribution >= 0.6 is 27.3 Å². The molecule has 3 heterocycles. The van der Waals surface area contributed by atoms with Crippen molar-refractivity contribution in [3.8, 4) is 10.7 Å². The SMILES string of the molecule is Fc1ccc(Cc2nnc3sc(-c4[nH]ncc4Br)nn23)cc1. The molecule has 0 aliphatic carbocycles. The summed E-state index contributed by atoms with van der Waals surface area (Å²) >= 11 is 4.84. The van der Waals surface area contributed by atoms with E-state index in [1.54, 1.807) is 22.8 Å². The average molecular weight is 379 g/mol. The summed E-state index contributed by atoms with van der Waals surface area (Å²) in [6.07, 6.45) is 2.21. The number of halogens is 2. The molecule has 0 aliphatic heterocycles. The number of rotatable bonds is 3. The molecule has 0 spiro atoms. The summed E-state index contributed by atoms with van der Waals surface area (Å²) in [6, 6.07) is 6.33. The standard InChI is InChI=1S/C13H8BrFN6S/c14-9-6-16-18-11(9)12-20-21-10(17-19-13(21)22-12)5-7-1-3-8(15)4-2-7/h1-4,6H,5H2,(H,16,18). The van der Waals surface area contributed by atoms with Crippen LogP contribution < -0.4 is 0 Å². The van der Waals surface area contributed by atoms with Crippen molar-refractivity contribution in [2.45, 2.75) is 6.42 Å². The van der Waals surface area contributed by atoms with Gasteiger partial charge in [-0.2, -0.15) is 14.7 Å². The van der Waals surface area contributed by atoms with E-state index in [9.17, 15) is 4.39 Å². The molecule has 1 aromatic carbocycles. The number of nitrogens with zero attached hydrogens (tertiary/aromatic N) is 5. The second-order valence-corrected chi connectivity index (χ2v) is 6.42. The molecule has 6 nitrogen and oxygen atoms in total. The first-order valence-electron chi connectivity index (χ1n) is 6.35. The number of aromatic amines is 1. The van der Waals surface area contributed by atoms with Crippen LogP contribution in [0.5, 0.6) is 0 Å². The lowest BCUT2D eigenvalue weighted by Crippen LogP contribution is -1.98. The number of H-pyrrole nitrogens is 1. The maximum Gasteiger partial charge on any atom is 0.235 e. The highest BCUT2D eigenvalue weighted by Gasteiger charge is 2.16. The Bertz CT molecular complexity index is 941. The topological polar surface area (TPSA) is 71.8 Å². The summed E-state index contributed by atoms with van der Waals surface area (Å²) in [4.78, 5) is 0.702. The minimum absolute atomic E-state index is 0.254. The van der Waals surface area contributed by atoms with E-state index in [0.717, 1.165) is 20.7 Å². The van der Waals surface area contributed by atoms with Crippen molar-refractivity contribution in [3.63, 3.8) is 0 Å². The normalized spacial score (nSPS) is 11.4. The summed E-state index contributed by atoms with van der Waals surface area (Å²) in [6.45, 7) is 0. The Morgan fingerprint density at radius 2 is 2.05 bits per heavy atom. The molecule has 0 radical (unpaired) electrons. The van der Waals surface area contributed by atoms with E-state index >= 15 is 0 Å². The van der Waals surface area contributed by atoms with Crippen LogP contribution in [0, 0.1) is 5.82 Å². The van der Waals surface area contributed by atoms with Crippen LogP contribution in [0.1, 0.15) is 11.4 Å². The molecule has 0 saturated heterocycles. The molecule has 1 N–H and O–H groups in total. The molecule has 22 heavy (non-hydrogen) atoms. The van der Waals surface area contributed by atoms with Crippen molar-refractivity contribution < 1.29 is 4.39 Å². The fraction of sp³-hybridized carbons (Fsp3) is 0.0769. The van der Waals surface area contributed by atoms with Crippen LogP contribution in [0.25, 0.3) is 15.7 Å². The second kappa shape index (κ2) is 5.25. The first-order chi connectivity index (χ1) is 10.7. The first-order valence-corrected chi connectivity index (χ1v) is 7.96. The van der Waals surface area contributed by atoms with Crippen LogP contribution in [0.4, 0.5) is 4.39 Å². The van der Waals surface area contributed by atoms with Crippen LogP contribution in [-0.4, -0.2) is 30.0 Å². The van der Waals surface area contributed by atoms with Gasteiger partial charge in [0.15, 0.2) is 10.8 Å². The van der Waals surface area contributed by atoms with Gasteiger partial charge in [-0.25, -0.2) is 4.39 Å². The van der Waals surface area contributed by atoms with Crippen LogP contribution in [0.3, 0.4) is 0 Å². The summed E-state index contributed by atoms with van der Waals surface area (Å²) < 4.78 is 15.5. The molecule has 0 atom stereocenters. The van der Waals surface area contributed by atoms with Crippen LogP contribution in [0.15, 0.2) is 34.9 Å². The predicted octanol–water partition coefficient (Wildman–Crippen LogP) is 3.07.